The summed E-state index contributed by atoms with van der Waals surface area (Å²) in [6, 6.07) is 8.11. The number of aromatic nitrogens is 3. The molecule has 1 aromatic heterocycles. The van der Waals surface area contributed by atoms with Gasteiger partial charge in [0.25, 0.3) is 0 Å². The summed E-state index contributed by atoms with van der Waals surface area (Å²) < 4.78 is 1.72. The van der Waals surface area contributed by atoms with Crippen molar-refractivity contribution in [1.82, 2.24) is 15.0 Å². The van der Waals surface area contributed by atoms with E-state index in [1.54, 1.807) is 4.68 Å². The van der Waals surface area contributed by atoms with Gasteiger partial charge in [0.05, 0.1) is 5.69 Å². The van der Waals surface area contributed by atoms with Crippen LogP contribution in [0.1, 0.15) is 30.0 Å². The minimum atomic E-state index is 0.540. The van der Waals surface area contributed by atoms with Crippen molar-refractivity contribution in [2.75, 3.05) is 5.73 Å². The molecule has 1 aliphatic carbocycles. The number of nitrogens with zero attached hydrogens (tertiary/aromatic N) is 3. The third-order valence-corrected chi connectivity index (χ3v) is 2.94. The lowest BCUT2D eigenvalue weighted by atomic mass is 10.2. The van der Waals surface area contributed by atoms with Gasteiger partial charge in [0.2, 0.25) is 0 Å². The highest BCUT2D eigenvalue weighted by molar-refractivity contribution is 5.47. The Morgan fingerprint density at radius 2 is 2.19 bits per heavy atom. The minimum Gasteiger partial charge on any atom is -0.382 e. The molecule has 1 saturated carbocycles. The molecule has 0 aliphatic heterocycles. The fourth-order valence-electron chi connectivity index (χ4n) is 1.90. The zero-order chi connectivity index (χ0) is 11.1. The van der Waals surface area contributed by atoms with Gasteiger partial charge in [0.1, 0.15) is 5.69 Å². The first-order chi connectivity index (χ1) is 7.75. The molecule has 0 unspecified atom stereocenters. The third-order valence-electron chi connectivity index (χ3n) is 2.94. The van der Waals surface area contributed by atoms with E-state index in [1.807, 2.05) is 12.1 Å². The molecular weight excluding hydrogens is 200 g/mol. The van der Waals surface area contributed by atoms with E-state index < -0.39 is 0 Å². The third kappa shape index (κ3) is 1.46. The Labute approximate surface area is 94.1 Å². The molecule has 3 rings (SSSR count). The smallest absolute Gasteiger partial charge is 0.151 e. The fourth-order valence-corrected chi connectivity index (χ4v) is 1.90. The van der Waals surface area contributed by atoms with Gasteiger partial charge in [-0.2, -0.15) is 4.68 Å². The zero-order valence-electron chi connectivity index (χ0n) is 9.22. The Kier molecular flexibility index (Phi) is 1.96. The van der Waals surface area contributed by atoms with Crippen molar-refractivity contribution >= 4 is 5.82 Å². The van der Waals surface area contributed by atoms with Crippen LogP contribution >= 0.6 is 0 Å². The molecule has 0 atom stereocenters. The summed E-state index contributed by atoms with van der Waals surface area (Å²) in [7, 11) is 0. The quantitative estimate of drug-likeness (QED) is 0.832. The van der Waals surface area contributed by atoms with E-state index in [1.165, 1.54) is 18.4 Å². The topological polar surface area (TPSA) is 56.7 Å². The van der Waals surface area contributed by atoms with Crippen LogP contribution in [-0.4, -0.2) is 15.0 Å². The first-order valence-electron chi connectivity index (χ1n) is 5.54. The molecule has 1 fully saturated rings. The summed E-state index contributed by atoms with van der Waals surface area (Å²) in [5.41, 5.74) is 9.20. The average molecular weight is 214 g/mol. The minimum absolute atomic E-state index is 0.540. The van der Waals surface area contributed by atoms with E-state index in [2.05, 4.69) is 29.4 Å². The van der Waals surface area contributed by atoms with Crippen molar-refractivity contribution in [3.8, 4) is 5.69 Å². The van der Waals surface area contributed by atoms with Gasteiger partial charge in [0.15, 0.2) is 5.82 Å². The lowest BCUT2D eigenvalue weighted by Crippen LogP contribution is -2.02. The molecule has 0 bridgehead atoms. The number of rotatable bonds is 2. The summed E-state index contributed by atoms with van der Waals surface area (Å²) in [6.45, 7) is 2.05. The van der Waals surface area contributed by atoms with E-state index in [-0.39, 0.29) is 0 Å². The number of nitrogens with two attached hydrogens (primary N) is 1. The lowest BCUT2D eigenvalue weighted by molar-refractivity contribution is 0.801. The number of aryl methyl sites for hydroxylation is 1. The maximum absolute atomic E-state index is 6.06. The molecule has 1 aromatic carbocycles. The Morgan fingerprint density at radius 3 is 2.88 bits per heavy atom. The van der Waals surface area contributed by atoms with Gasteiger partial charge in [-0.3, -0.25) is 0 Å². The van der Waals surface area contributed by atoms with Crippen molar-refractivity contribution in [3.63, 3.8) is 0 Å². The van der Waals surface area contributed by atoms with Gasteiger partial charge < -0.3 is 5.73 Å². The summed E-state index contributed by atoms with van der Waals surface area (Å²) in [5, 5.41) is 8.30. The second-order valence-electron chi connectivity index (χ2n) is 4.39. The normalized spacial score (nSPS) is 15.3. The highest BCUT2D eigenvalue weighted by Crippen LogP contribution is 2.41. The average Bonchev–Trinajstić information content (AvgIpc) is 3.03. The fraction of sp³-hybridized carbons (Fsp3) is 0.333. The Bertz CT molecular complexity index is 526. The standard InChI is InChI=1S/C12H14N4/c1-8-3-2-4-10(7-8)16-12(13)11(14-15-16)9-5-6-9/h2-4,7,9H,5-6,13H2,1H3. The van der Waals surface area contributed by atoms with E-state index in [4.69, 9.17) is 5.73 Å². The number of nitrogen functional groups attached to an aromatic ring is 1. The van der Waals surface area contributed by atoms with Crippen molar-refractivity contribution < 1.29 is 0 Å². The molecule has 0 spiro atoms. The summed E-state index contributed by atoms with van der Waals surface area (Å²) in [5.74, 6) is 1.23. The number of benzene rings is 1. The van der Waals surface area contributed by atoms with Crippen LogP contribution in [0.25, 0.3) is 5.69 Å². The molecule has 4 heteroatoms. The molecule has 0 amide bonds. The maximum Gasteiger partial charge on any atom is 0.151 e. The van der Waals surface area contributed by atoms with Crippen LogP contribution in [0, 0.1) is 6.92 Å². The van der Waals surface area contributed by atoms with E-state index in [0.29, 0.717) is 11.7 Å². The van der Waals surface area contributed by atoms with Gasteiger partial charge in [-0.1, -0.05) is 17.3 Å². The van der Waals surface area contributed by atoms with E-state index in [0.717, 1.165) is 11.4 Å². The second-order valence-corrected chi connectivity index (χ2v) is 4.39. The largest absolute Gasteiger partial charge is 0.382 e. The van der Waals surface area contributed by atoms with Gasteiger partial charge in [-0.25, -0.2) is 0 Å². The number of hydrogen-bond donors (Lipinski definition) is 1. The van der Waals surface area contributed by atoms with Crippen molar-refractivity contribution in [1.29, 1.82) is 0 Å². The first-order valence-corrected chi connectivity index (χ1v) is 5.54. The first kappa shape index (κ1) is 9.39. The molecule has 2 N–H and O–H groups in total. The number of hydrogen-bond acceptors (Lipinski definition) is 3. The Morgan fingerprint density at radius 1 is 1.38 bits per heavy atom. The highest BCUT2D eigenvalue weighted by Gasteiger charge is 2.29. The van der Waals surface area contributed by atoms with Crippen LogP contribution in [-0.2, 0) is 0 Å². The van der Waals surface area contributed by atoms with Crippen molar-refractivity contribution in [3.05, 3.63) is 35.5 Å². The van der Waals surface area contributed by atoms with E-state index in [9.17, 15) is 0 Å². The van der Waals surface area contributed by atoms with Crippen molar-refractivity contribution in [2.24, 2.45) is 0 Å². The molecule has 4 nitrogen and oxygen atoms in total. The van der Waals surface area contributed by atoms with Gasteiger partial charge in [-0.15, -0.1) is 5.10 Å². The molecule has 1 aliphatic rings. The summed E-state index contributed by atoms with van der Waals surface area (Å²) in [6.07, 6.45) is 2.38. The molecule has 16 heavy (non-hydrogen) atoms. The van der Waals surface area contributed by atoms with Crippen LogP contribution in [0.5, 0.6) is 0 Å². The number of anilines is 1. The van der Waals surface area contributed by atoms with Gasteiger partial charge >= 0.3 is 0 Å². The Balaban J connectivity index is 2.06. The predicted octanol–water partition coefficient (Wildman–Crippen LogP) is 2.04. The Hall–Kier alpha value is -1.84. The molecule has 0 saturated heterocycles. The molecule has 2 aromatic rings. The summed E-state index contributed by atoms with van der Waals surface area (Å²) in [4.78, 5) is 0. The molecular formula is C12H14N4. The summed E-state index contributed by atoms with van der Waals surface area (Å²) >= 11 is 0. The molecule has 82 valence electrons. The maximum atomic E-state index is 6.06. The zero-order valence-corrected chi connectivity index (χ0v) is 9.22. The monoisotopic (exact) mass is 214 g/mol. The second kappa shape index (κ2) is 3.33. The van der Waals surface area contributed by atoms with Gasteiger partial charge in [0, 0.05) is 5.92 Å². The molecule has 1 heterocycles. The van der Waals surface area contributed by atoms with Gasteiger partial charge in [-0.05, 0) is 37.5 Å². The van der Waals surface area contributed by atoms with Crippen LogP contribution in [0.15, 0.2) is 24.3 Å². The highest BCUT2D eigenvalue weighted by atomic mass is 15.5. The van der Waals surface area contributed by atoms with Crippen molar-refractivity contribution in [2.45, 2.75) is 25.7 Å². The predicted molar refractivity (Wildman–Crippen MR) is 62.5 cm³/mol. The lowest BCUT2D eigenvalue weighted by Gasteiger charge is -2.03. The van der Waals surface area contributed by atoms with E-state index >= 15 is 0 Å². The van der Waals surface area contributed by atoms with Crippen LogP contribution in [0.4, 0.5) is 5.82 Å². The van der Waals surface area contributed by atoms with Crippen LogP contribution in [0.2, 0.25) is 0 Å². The van der Waals surface area contributed by atoms with Crippen LogP contribution < -0.4 is 5.73 Å². The van der Waals surface area contributed by atoms with Crippen LogP contribution in [0.3, 0.4) is 0 Å². The molecule has 0 radical (unpaired) electrons. The SMILES string of the molecule is Cc1cccc(-n2nnc(C3CC3)c2N)c1.